The molecule has 10 heteroatoms. The highest BCUT2D eigenvalue weighted by Gasteiger charge is 2.32. The van der Waals surface area contributed by atoms with Gasteiger partial charge < -0.3 is 24.7 Å². The molecule has 0 aliphatic carbocycles. The van der Waals surface area contributed by atoms with Gasteiger partial charge in [-0.2, -0.15) is 0 Å². The first-order valence-corrected chi connectivity index (χ1v) is 10.5. The number of piperidine rings is 1. The van der Waals surface area contributed by atoms with Crippen LogP contribution in [-0.2, 0) is 15.9 Å². The van der Waals surface area contributed by atoms with Gasteiger partial charge >= 0.3 is 5.97 Å². The molecule has 2 unspecified atom stereocenters. The average Bonchev–Trinajstić information content (AvgIpc) is 3.35. The molecule has 1 fully saturated rings. The van der Waals surface area contributed by atoms with E-state index in [1.54, 1.807) is 14.0 Å². The standard InChI is InChI=1S/C19H27N5O4S/c1-5-12-11(3)21-16(22-12)17(25)23-13-7-8-24(10-14(13)27-4)19-20-9-15(29-19)18(26)28-6-2/h9,13-14H,5-8,10H2,1-4H3,(H,21,22)(H,23,25). The van der Waals surface area contributed by atoms with E-state index in [0.29, 0.717) is 36.8 Å². The summed E-state index contributed by atoms with van der Waals surface area (Å²) in [5.74, 6) is -0.260. The number of imidazole rings is 1. The topological polar surface area (TPSA) is 109 Å². The lowest BCUT2D eigenvalue weighted by Crippen LogP contribution is -2.55. The molecule has 1 saturated heterocycles. The number of anilines is 1. The number of hydrogen-bond donors (Lipinski definition) is 2. The number of aryl methyl sites for hydroxylation is 2. The molecule has 9 nitrogen and oxygen atoms in total. The van der Waals surface area contributed by atoms with Crippen molar-refractivity contribution in [3.05, 3.63) is 28.3 Å². The highest BCUT2D eigenvalue weighted by molar-refractivity contribution is 7.17. The second-order valence-corrected chi connectivity index (χ2v) is 7.84. The number of hydrogen-bond acceptors (Lipinski definition) is 8. The number of carbonyl (C=O) groups excluding carboxylic acids is 2. The Kier molecular flexibility index (Phi) is 6.86. The first kappa shape index (κ1) is 21.3. The third kappa shape index (κ3) is 4.76. The second kappa shape index (κ2) is 9.36. The number of carbonyl (C=O) groups is 2. The number of H-pyrrole nitrogens is 1. The number of ether oxygens (including phenoxy) is 2. The summed E-state index contributed by atoms with van der Waals surface area (Å²) in [6.07, 6.45) is 2.80. The number of aromatic amines is 1. The minimum absolute atomic E-state index is 0.135. The van der Waals surface area contributed by atoms with Crippen LogP contribution >= 0.6 is 11.3 Å². The fourth-order valence-corrected chi connectivity index (χ4v) is 4.23. The van der Waals surface area contributed by atoms with E-state index in [-0.39, 0.29) is 24.0 Å². The number of methoxy groups -OCH3 is 1. The Hall–Kier alpha value is -2.46. The quantitative estimate of drug-likeness (QED) is 0.658. The highest BCUT2D eigenvalue weighted by Crippen LogP contribution is 2.27. The summed E-state index contributed by atoms with van der Waals surface area (Å²) >= 11 is 1.30. The van der Waals surface area contributed by atoms with Crippen LogP contribution in [0.2, 0.25) is 0 Å². The molecule has 0 radical (unpaired) electrons. The fraction of sp³-hybridized carbons (Fsp3) is 0.579. The Bertz CT molecular complexity index is 865. The molecule has 2 aromatic heterocycles. The monoisotopic (exact) mass is 421 g/mol. The molecule has 158 valence electrons. The van der Waals surface area contributed by atoms with Gasteiger partial charge in [-0.3, -0.25) is 4.79 Å². The van der Waals surface area contributed by atoms with E-state index in [1.165, 1.54) is 17.5 Å². The van der Waals surface area contributed by atoms with Crippen LogP contribution in [0.1, 0.15) is 51.9 Å². The Morgan fingerprint density at radius 2 is 2.21 bits per heavy atom. The third-order valence-corrected chi connectivity index (χ3v) is 5.99. The average molecular weight is 422 g/mol. The van der Waals surface area contributed by atoms with E-state index in [4.69, 9.17) is 9.47 Å². The van der Waals surface area contributed by atoms with Crippen LogP contribution in [0.25, 0.3) is 0 Å². The molecule has 29 heavy (non-hydrogen) atoms. The van der Waals surface area contributed by atoms with Crippen molar-refractivity contribution in [1.29, 1.82) is 0 Å². The third-order valence-electron chi connectivity index (χ3n) is 4.95. The molecular formula is C19H27N5O4S. The predicted molar refractivity (Wildman–Crippen MR) is 110 cm³/mol. The lowest BCUT2D eigenvalue weighted by Gasteiger charge is -2.37. The van der Waals surface area contributed by atoms with Crippen molar-refractivity contribution in [2.45, 2.75) is 45.8 Å². The molecular weight excluding hydrogens is 394 g/mol. The van der Waals surface area contributed by atoms with E-state index >= 15 is 0 Å². The van der Waals surface area contributed by atoms with Gasteiger partial charge in [-0.1, -0.05) is 18.3 Å². The zero-order valence-electron chi connectivity index (χ0n) is 17.2. The summed E-state index contributed by atoms with van der Waals surface area (Å²) in [4.78, 5) is 38.8. The molecule has 0 saturated carbocycles. The van der Waals surface area contributed by atoms with E-state index in [1.807, 2.05) is 13.8 Å². The van der Waals surface area contributed by atoms with Crippen LogP contribution in [0.5, 0.6) is 0 Å². The summed E-state index contributed by atoms with van der Waals surface area (Å²) in [7, 11) is 1.63. The van der Waals surface area contributed by atoms with Crippen LogP contribution in [0.15, 0.2) is 6.20 Å². The van der Waals surface area contributed by atoms with Crippen LogP contribution in [0.4, 0.5) is 5.13 Å². The van der Waals surface area contributed by atoms with Gasteiger partial charge in [0.1, 0.15) is 4.88 Å². The molecule has 3 rings (SSSR count). The lowest BCUT2D eigenvalue weighted by atomic mass is 10.0. The molecule has 1 aliphatic heterocycles. The summed E-state index contributed by atoms with van der Waals surface area (Å²) in [5.41, 5.74) is 1.81. The van der Waals surface area contributed by atoms with Crippen LogP contribution in [0, 0.1) is 6.92 Å². The SMILES string of the molecule is CCOC(=O)c1cnc(N2CCC(NC(=O)c3nc(CC)c(C)[nH]3)C(OC)C2)s1. The Morgan fingerprint density at radius 3 is 2.86 bits per heavy atom. The second-order valence-electron chi connectivity index (χ2n) is 6.83. The number of thiazole rings is 1. The zero-order chi connectivity index (χ0) is 21.0. The Morgan fingerprint density at radius 1 is 1.41 bits per heavy atom. The number of nitrogens with zero attached hydrogens (tertiary/aromatic N) is 3. The number of rotatable bonds is 7. The number of nitrogens with one attached hydrogen (secondary N) is 2. The predicted octanol–water partition coefficient (Wildman–Crippen LogP) is 1.94. The van der Waals surface area contributed by atoms with Gasteiger partial charge in [0.05, 0.1) is 30.6 Å². The minimum atomic E-state index is -0.359. The highest BCUT2D eigenvalue weighted by atomic mass is 32.1. The normalized spacial score (nSPS) is 19.2. The van der Waals surface area contributed by atoms with E-state index < -0.39 is 0 Å². The van der Waals surface area contributed by atoms with Crippen molar-refractivity contribution in [3.8, 4) is 0 Å². The van der Waals surface area contributed by atoms with Crippen LogP contribution < -0.4 is 10.2 Å². The van der Waals surface area contributed by atoms with Crippen molar-refractivity contribution in [2.75, 3.05) is 31.7 Å². The largest absolute Gasteiger partial charge is 0.462 e. The summed E-state index contributed by atoms with van der Waals surface area (Å²) in [5, 5.41) is 3.78. The first-order chi connectivity index (χ1) is 14.0. The van der Waals surface area contributed by atoms with Gasteiger partial charge in [-0.15, -0.1) is 0 Å². The van der Waals surface area contributed by atoms with Gasteiger partial charge in [0.25, 0.3) is 5.91 Å². The summed E-state index contributed by atoms with van der Waals surface area (Å²) in [6, 6.07) is -0.135. The number of aromatic nitrogens is 3. The van der Waals surface area contributed by atoms with Gasteiger partial charge in [0.2, 0.25) is 0 Å². The molecule has 2 N–H and O–H groups in total. The molecule has 0 bridgehead atoms. The molecule has 2 aromatic rings. The van der Waals surface area contributed by atoms with Crippen LogP contribution in [0.3, 0.4) is 0 Å². The molecule has 0 aromatic carbocycles. The maximum absolute atomic E-state index is 12.6. The van der Waals surface area contributed by atoms with E-state index in [0.717, 1.165) is 22.9 Å². The molecule has 2 atom stereocenters. The minimum Gasteiger partial charge on any atom is -0.462 e. The van der Waals surface area contributed by atoms with Gasteiger partial charge in [-0.05, 0) is 26.7 Å². The Balaban J connectivity index is 1.63. The molecule has 1 amide bonds. The van der Waals surface area contributed by atoms with Crippen molar-refractivity contribution >= 4 is 28.3 Å². The molecule has 3 heterocycles. The Labute approximate surface area is 173 Å². The van der Waals surface area contributed by atoms with Crippen molar-refractivity contribution in [1.82, 2.24) is 20.3 Å². The lowest BCUT2D eigenvalue weighted by molar-refractivity contribution is 0.0530. The van der Waals surface area contributed by atoms with Gasteiger partial charge in [0, 0.05) is 25.9 Å². The number of esters is 1. The molecule has 0 spiro atoms. The maximum Gasteiger partial charge on any atom is 0.350 e. The summed E-state index contributed by atoms with van der Waals surface area (Å²) in [6.45, 7) is 7.28. The first-order valence-electron chi connectivity index (χ1n) is 9.73. The van der Waals surface area contributed by atoms with Crippen LogP contribution in [-0.4, -0.2) is 65.8 Å². The number of amides is 1. The van der Waals surface area contributed by atoms with Gasteiger partial charge in [-0.25, -0.2) is 14.8 Å². The smallest absolute Gasteiger partial charge is 0.350 e. The zero-order valence-corrected chi connectivity index (χ0v) is 18.0. The molecule has 1 aliphatic rings. The summed E-state index contributed by atoms with van der Waals surface area (Å²) < 4.78 is 10.7. The van der Waals surface area contributed by atoms with Crippen molar-refractivity contribution in [2.24, 2.45) is 0 Å². The van der Waals surface area contributed by atoms with Gasteiger partial charge in [0.15, 0.2) is 11.0 Å². The van der Waals surface area contributed by atoms with E-state index in [2.05, 4.69) is 25.2 Å². The van der Waals surface area contributed by atoms with E-state index in [9.17, 15) is 9.59 Å². The van der Waals surface area contributed by atoms with Crippen molar-refractivity contribution in [3.63, 3.8) is 0 Å². The maximum atomic E-state index is 12.6. The van der Waals surface area contributed by atoms with Crippen molar-refractivity contribution < 1.29 is 19.1 Å². The fourth-order valence-electron chi connectivity index (χ4n) is 3.39.